The molecule has 2 unspecified atom stereocenters. The van der Waals surface area contributed by atoms with E-state index < -0.39 is 0 Å². The van der Waals surface area contributed by atoms with Gasteiger partial charge in [0.25, 0.3) is 0 Å². The van der Waals surface area contributed by atoms with Crippen LogP contribution in [0.3, 0.4) is 0 Å². The molecule has 2 rings (SSSR count). The second kappa shape index (κ2) is 6.91. The SMILES string of the molecule is CCC1CC(NCC2CCCC2)CN(C(C)C)C1. The summed E-state index contributed by atoms with van der Waals surface area (Å²) >= 11 is 0. The van der Waals surface area contributed by atoms with Crippen LogP contribution in [0.15, 0.2) is 0 Å². The molecule has 1 heterocycles. The highest BCUT2D eigenvalue weighted by molar-refractivity contribution is 4.85. The Balaban J connectivity index is 1.78. The minimum atomic E-state index is 0.704. The molecule has 0 bridgehead atoms. The summed E-state index contributed by atoms with van der Waals surface area (Å²) in [4.78, 5) is 2.67. The Morgan fingerprint density at radius 2 is 1.83 bits per heavy atom. The van der Waals surface area contributed by atoms with Gasteiger partial charge in [-0.05, 0) is 51.5 Å². The molecular formula is C16H32N2. The Morgan fingerprint density at radius 3 is 2.44 bits per heavy atom. The molecule has 1 N–H and O–H groups in total. The summed E-state index contributed by atoms with van der Waals surface area (Å²) in [6, 6.07) is 1.45. The van der Waals surface area contributed by atoms with E-state index in [1.54, 1.807) is 0 Å². The van der Waals surface area contributed by atoms with Crippen LogP contribution in [0.25, 0.3) is 0 Å². The summed E-state index contributed by atoms with van der Waals surface area (Å²) in [7, 11) is 0. The highest BCUT2D eigenvalue weighted by Gasteiger charge is 2.28. The summed E-state index contributed by atoms with van der Waals surface area (Å²) < 4.78 is 0. The topological polar surface area (TPSA) is 15.3 Å². The lowest BCUT2D eigenvalue weighted by atomic mass is 9.91. The fourth-order valence-electron chi connectivity index (χ4n) is 3.65. The van der Waals surface area contributed by atoms with Crippen LogP contribution in [0.4, 0.5) is 0 Å². The second-order valence-electron chi connectivity index (χ2n) is 6.81. The molecule has 2 nitrogen and oxygen atoms in total. The smallest absolute Gasteiger partial charge is 0.0198 e. The molecule has 0 aromatic heterocycles. The third-order valence-electron chi connectivity index (χ3n) is 5.04. The lowest BCUT2D eigenvalue weighted by Crippen LogP contribution is -2.52. The van der Waals surface area contributed by atoms with E-state index in [4.69, 9.17) is 0 Å². The molecule has 1 aliphatic carbocycles. The highest BCUT2D eigenvalue weighted by Crippen LogP contribution is 2.25. The maximum Gasteiger partial charge on any atom is 0.0198 e. The van der Waals surface area contributed by atoms with E-state index in [9.17, 15) is 0 Å². The third-order valence-corrected chi connectivity index (χ3v) is 5.04. The predicted molar refractivity (Wildman–Crippen MR) is 78.9 cm³/mol. The van der Waals surface area contributed by atoms with Crippen LogP contribution < -0.4 is 5.32 Å². The highest BCUT2D eigenvalue weighted by atomic mass is 15.2. The van der Waals surface area contributed by atoms with Crippen molar-refractivity contribution < 1.29 is 0 Å². The van der Waals surface area contributed by atoms with Crippen molar-refractivity contribution in [1.82, 2.24) is 10.2 Å². The summed E-state index contributed by atoms with van der Waals surface area (Å²) in [5, 5.41) is 3.87. The van der Waals surface area contributed by atoms with Gasteiger partial charge in [-0.15, -0.1) is 0 Å². The Hall–Kier alpha value is -0.0800. The van der Waals surface area contributed by atoms with Crippen molar-refractivity contribution >= 4 is 0 Å². The van der Waals surface area contributed by atoms with Gasteiger partial charge in [0.05, 0.1) is 0 Å². The van der Waals surface area contributed by atoms with E-state index in [-0.39, 0.29) is 0 Å². The van der Waals surface area contributed by atoms with Crippen LogP contribution in [0.2, 0.25) is 0 Å². The van der Waals surface area contributed by atoms with Gasteiger partial charge in [-0.25, -0.2) is 0 Å². The first kappa shape index (κ1) is 14.3. The Bertz CT molecular complexity index is 233. The molecule has 0 aromatic carbocycles. The maximum atomic E-state index is 3.87. The third kappa shape index (κ3) is 3.96. The van der Waals surface area contributed by atoms with Crippen molar-refractivity contribution in [3.8, 4) is 0 Å². The van der Waals surface area contributed by atoms with Gasteiger partial charge in [-0.3, -0.25) is 4.90 Å². The van der Waals surface area contributed by atoms with Crippen LogP contribution in [-0.2, 0) is 0 Å². The fourth-order valence-corrected chi connectivity index (χ4v) is 3.65. The minimum Gasteiger partial charge on any atom is -0.312 e. The molecule has 1 saturated heterocycles. The number of likely N-dealkylation sites (tertiary alicyclic amines) is 1. The molecule has 1 aliphatic heterocycles. The maximum absolute atomic E-state index is 3.87. The molecule has 18 heavy (non-hydrogen) atoms. The van der Waals surface area contributed by atoms with Crippen LogP contribution in [0.1, 0.15) is 59.3 Å². The summed E-state index contributed by atoms with van der Waals surface area (Å²) in [6.07, 6.45) is 8.59. The van der Waals surface area contributed by atoms with Crippen LogP contribution in [0, 0.1) is 11.8 Å². The molecule has 106 valence electrons. The van der Waals surface area contributed by atoms with Gasteiger partial charge < -0.3 is 5.32 Å². The van der Waals surface area contributed by atoms with Crippen molar-refractivity contribution in [1.29, 1.82) is 0 Å². The van der Waals surface area contributed by atoms with Crippen LogP contribution >= 0.6 is 0 Å². The summed E-state index contributed by atoms with van der Waals surface area (Å²) in [6.45, 7) is 10.9. The molecule has 1 saturated carbocycles. The van der Waals surface area contributed by atoms with Crippen molar-refractivity contribution in [2.45, 2.75) is 71.4 Å². The van der Waals surface area contributed by atoms with Crippen molar-refractivity contribution in [2.75, 3.05) is 19.6 Å². The Morgan fingerprint density at radius 1 is 1.11 bits per heavy atom. The second-order valence-corrected chi connectivity index (χ2v) is 6.81. The van der Waals surface area contributed by atoms with Crippen LogP contribution in [0.5, 0.6) is 0 Å². The van der Waals surface area contributed by atoms with Crippen molar-refractivity contribution in [3.05, 3.63) is 0 Å². The Kier molecular flexibility index (Phi) is 5.50. The van der Waals surface area contributed by atoms with Gasteiger partial charge in [-0.2, -0.15) is 0 Å². The first-order valence-electron chi connectivity index (χ1n) is 8.16. The van der Waals surface area contributed by atoms with Gasteiger partial charge in [0, 0.05) is 25.2 Å². The molecule has 2 atom stereocenters. The van der Waals surface area contributed by atoms with Gasteiger partial charge in [-0.1, -0.05) is 26.2 Å². The fraction of sp³-hybridized carbons (Fsp3) is 1.00. The van der Waals surface area contributed by atoms with Gasteiger partial charge in [0.1, 0.15) is 0 Å². The monoisotopic (exact) mass is 252 g/mol. The lowest BCUT2D eigenvalue weighted by molar-refractivity contribution is 0.108. The number of nitrogens with zero attached hydrogens (tertiary/aromatic N) is 1. The molecule has 2 aliphatic rings. The zero-order chi connectivity index (χ0) is 13.0. The molecular weight excluding hydrogens is 220 g/mol. The van der Waals surface area contributed by atoms with Gasteiger partial charge >= 0.3 is 0 Å². The predicted octanol–water partition coefficient (Wildman–Crippen LogP) is 3.28. The van der Waals surface area contributed by atoms with E-state index in [0.29, 0.717) is 6.04 Å². The molecule has 2 heteroatoms. The van der Waals surface area contributed by atoms with E-state index >= 15 is 0 Å². The van der Waals surface area contributed by atoms with E-state index in [1.165, 1.54) is 58.2 Å². The van der Waals surface area contributed by atoms with Crippen molar-refractivity contribution in [2.24, 2.45) is 11.8 Å². The van der Waals surface area contributed by atoms with E-state index in [2.05, 4.69) is 31.0 Å². The van der Waals surface area contributed by atoms with Crippen molar-refractivity contribution in [3.63, 3.8) is 0 Å². The summed E-state index contributed by atoms with van der Waals surface area (Å²) in [5.41, 5.74) is 0. The first-order chi connectivity index (χ1) is 8.69. The number of piperidine rings is 1. The molecule has 0 aromatic rings. The number of nitrogens with one attached hydrogen (secondary N) is 1. The molecule has 2 fully saturated rings. The molecule has 0 spiro atoms. The Labute approximate surface area is 114 Å². The van der Waals surface area contributed by atoms with E-state index in [0.717, 1.165) is 17.9 Å². The number of hydrogen-bond donors (Lipinski definition) is 1. The lowest BCUT2D eigenvalue weighted by Gasteiger charge is -2.40. The van der Waals surface area contributed by atoms with Gasteiger partial charge in [0.2, 0.25) is 0 Å². The van der Waals surface area contributed by atoms with E-state index in [1.807, 2.05) is 0 Å². The molecule has 0 radical (unpaired) electrons. The summed E-state index contributed by atoms with van der Waals surface area (Å²) in [5.74, 6) is 1.88. The quantitative estimate of drug-likeness (QED) is 0.808. The minimum absolute atomic E-state index is 0.704. The average Bonchev–Trinajstić information content (AvgIpc) is 2.89. The average molecular weight is 252 g/mol. The first-order valence-corrected chi connectivity index (χ1v) is 8.16. The zero-order valence-electron chi connectivity index (χ0n) is 12.6. The number of hydrogen-bond acceptors (Lipinski definition) is 2. The normalized spacial score (nSPS) is 31.3. The molecule has 0 amide bonds. The standard InChI is InChI=1S/C16H32N2/c1-4-14-9-16(12-18(11-14)13(2)3)17-10-15-7-5-6-8-15/h13-17H,4-12H2,1-3H3. The largest absolute Gasteiger partial charge is 0.312 e. The van der Waals surface area contributed by atoms with Crippen LogP contribution in [-0.4, -0.2) is 36.6 Å². The zero-order valence-corrected chi connectivity index (χ0v) is 12.6. The number of rotatable bonds is 5. The van der Waals surface area contributed by atoms with Gasteiger partial charge in [0.15, 0.2) is 0 Å².